The number of nitrogens with zero attached hydrogens (tertiary/aromatic N) is 3. The molecule has 1 aliphatic rings. The lowest BCUT2D eigenvalue weighted by atomic mass is 10.0. The second kappa shape index (κ2) is 10.8. The molecule has 5 N–H and O–H groups in total. The number of hydrogen-bond donors (Lipinski definition) is 3. The fourth-order valence-electron chi connectivity index (χ4n) is 3.78. The molecule has 0 fully saturated rings. The minimum atomic E-state index is -1.05. The van der Waals surface area contributed by atoms with Crippen molar-refractivity contribution in [2.75, 3.05) is 12.3 Å². The SMILES string of the molecule is CCCN(OCc1ccc(N)cc1)C(=O)C1=Cc2ccc(-c3cncc(C(=O)O)c3)cc2N=C(N)C1. The third kappa shape index (κ3) is 5.76. The minimum Gasteiger partial charge on any atom is -0.478 e. The number of aromatic carboxylic acids is 1. The molecule has 1 amide bonds. The molecule has 184 valence electrons. The fourth-order valence-corrected chi connectivity index (χ4v) is 3.78. The molecule has 2 aromatic carbocycles. The lowest BCUT2D eigenvalue weighted by molar-refractivity contribution is -0.187. The highest BCUT2D eigenvalue weighted by atomic mass is 16.7. The number of aliphatic imine (C=N–C) groups is 1. The van der Waals surface area contributed by atoms with E-state index in [1.54, 1.807) is 36.5 Å². The van der Waals surface area contributed by atoms with Crippen LogP contribution in [-0.4, -0.2) is 39.4 Å². The highest BCUT2D eigenvalue weighted by molar-refractivity contribution is 6.05. The number of pyridine rings is 1. The van der Waals surface area contributed by atoms with Crippen LogP contribution < -0.4 is 11.5 Å². The molecule has 0 atom stereocenters. The van der Waals surface area contributed by atoms with Crippen LogP contribution in [0.5, 0.6) is 0 Å². The summed E-state index contributed by atoms with van der Waals surface area (Å²) in [5.74, 6) is -1.04. The van der Waals surface area contributed by atoms with Gasteiger partial charge < -0.3 is 16.6 Å². The number of nitrogens with two attached hydrogens (primary N) is 2. The molecule has 0 unspecified atom stereocenters. The topological polar surface area (TPSA) is 144 Å². The number of carbonyl (C=O) groups is 2. The Morgan fingerprint density at radius 1 is 1.06 bits per heavy atom. The lowest BCUT2D eigenvalue weighted by Gasteiger charge is -2.22. The Bertz CT molecular complexity index is 1350. The molecule has 3 aromatic rings. The van der Waals surface area contributed by atoms with E-state index in [-0.39, 0.29) is 30.3 Å². The Kier molecular flexibility index (Phi) is 7.41. The van der Waals surface area contributed by atoms with Gasteiger partial charge in [-0.2, -0.15) is 0 Å². The van der Waals surface area contributed by atoms with E-state index in [1.807, 2.05) is 31.2 Å². The quantitative estimate of drug-likeness (QED) is 0.321. The number of carboxylic acid groups (broad SMARTS) is 1. The van der Waals surface area contributed by atoms with Crippen LogP contribution in [0.3, 0.4) is 0 Å². The van der Waals surface area contributed by atoms with Gasteiger partial charge in [0.05, 0.1) is 11.3 Å². The number of amides is 1. The summed E-state index contributed by atoms with van der Waals surface area (Å²) >= 11 is 0. The number of hydroxylamine groups is 2. The van der Waals surface area contributed by atoms with Gasteiger partial charge in [-0.1, -0.05) is 31.2 Å². The summed E-state index contributed by atoms with van der Waals surface area (Å²) in [5, 5.41) is 10.6. The maximum Gasteiger partial charge on any atom is 0.337 e. The van der Waals surface area contributed by atoms with Crippen LogP contribution in [0.15, 0.2) is 71.5 Å². The van der Waals surface area contributed by atoms with Crippen LogP contribution in [0.25, 0.3) is 17.2 Å². The molecule has 36 heavy (non-hydrogen) atoms. The first-order valence-corrected chi connectivity index (χ1v) is 11.5. The van der Waals surface area contributed by atoms with E-state index >= 15 is 0 Å². The first-order valence-electron chi connectivity index (χ1n) is 11.5. The Hall–Kier alpha value is -4.50. The van der Waals surface area contributed by atoms with E-state index in [4.69, 9.17) is 16.3 Å². The van der Waals surface area contributed by atoms with E-state index in [0.29, 0.717) is 35.5 Å². The summed E-state index contributed by atoms with van der Waals surface area (Å²) in [6, 6.07) is 14.3. The van der Waals surface area contributed by atoms with E-state index in [0.717, 1.165) is 16.7 Å². The monoisotopic (exact) mass is 485 g/mol. The van der Waals surface area contributed by atoms with Crippen molar-refractivity contribution in [1.82, 2.24) is 10.0 Å². The van der Waals surface area contributed by atoms with E-state index in [2.05, 4.69) is 9.98 Å². The van der Waals surface area contributed by atoms with Crippen LogP contribution in [0, 0.1) is 0 Å². The smallest absolute Gasteiger partial charge is 0.337 e. The van der Waals surface area contributed by atoms with Gasteiger partial charge in [0.25, 0.3) is 5.91 Å². The number of carboxylic acids is 1. The normalized spacial score (nSPS) is 12.7. The largest absolute Gasteiger partial charge is 0.478 e. The van der Waals surface area contributed by atoms with E-state index in [1.165, 1.54) is 11.3 Å². The molecular formula is C27H27N5O4. The van der Waals surface area contributed by atoms with Gasteiger partial charge in [0.15, 0.2) is 0 Å². The summed E-state index contributed by atoms with van der Waals surface area (Å²) < 4.78 is 0. The van der Waals surface area contributed by atoms with Crippen LogP contribution in [0.1, 0.15) is 41.3 Å². The first-order chi connectivity index (χ1) is 17.3. The average molecular weight is 486 g/mol. The highest BCUT2D eigenvalue weighted by Crippen LogP contribution is 2.32. The molecule has 0 radical (unpaired) electrons. The zero-order chi connectivity index (χ0) is 25.7. The van der Waals surface area contributed by atoms with Crippen molar-refractivity contribution in [2.24, 2.45) is 10.7 Å². The first kappa shape index (κ1) is 24.6. The second-order valence-electron chi connectivity index (χ2n) is 8.41. The Labute approximate surface area is 208 Å². The summed E-state index contributed by atoms with van der Waals surface area (Å²) in [5.41, 5.74) is 16.7. The van der Waals surface area contributed by atoms with Gasteiger partial charge in [0, 0.05) is 47.7 Å². The van der Waals surface area contributed by atoms with Crippen molar-refractivity contribution in [3.05, 3.63) is 83.2 Å². The predicted octanol–water partition coefficient (Wildman–Crippen LogP) is 4.18. The predicted molar refractivity (Wildman–Crippen MR) is 138 cm³/mol. The summed E-state index contributed by atoms with van der Waals surface area (Å²) in [6.07, 6.45) is 5.54. The van der Waals surface area contributed by atoms with E-state index < -0.39 is 5.97 Å². The van der Waals surface area contributed by atoms with Crippen molar-refractivity contribution in [2.45, 2.75) is 26.4 Å². The van der Waals surface area contributed by atoms with Crippen LogP contribution >= 0.6 is 0 Å². The molecule has 0 aliphatic carbocycles. The highest BCUT2D eigenvalue weighted by Gasteiger charge is 2.22. The van der Waals surface area contributed by atoms with Gasteiger partial charge in [-0.3, -0.25) is 14.6 Å². The third-order valence-corrected chi connectivity index (χ3v) is 5.61. The van der Waals surface area contributed by atoms with Gasteiger partial charge in [-0.05, 0) is 47.9 Å². The number of fused-ring (bicyclic) bond motifs is 1. The van der Waals surface area contributed by atoms with Crippen LogP contribution in [-0.2, 0) is 16.2 Å². The molecule has 9 heteroatoms. The molecule has 4 rings (SSSR count). The van der Waals surface area contributed by atoms with Gasteiger partial charge >= 0.3 is 5.97 Å². The molecule has 0 spiro atoms. The molecule has 0 saturated carbocycles. The third-order valence-electron chi connectivity index (χ3n) is 5.61. The fraction of sp³-hybridized carbons (Fsp3) is 0.185. The van der Waals surface area contributed by atoms with Gasteiger partial charge in [0.2, 0.25) is 0 Å². The number of nitrogen functional groups attached to an aromatic ring is 1. The number of amidine groups is 1. The van der Waals surface area contributed by atoms with Crippen LogP contribution in [0.2, 0.25) is 0 Å². The second-order valence-corrected chi connectivity index (χ2v) is 8.41. The maximum atomic E-state index is 13.4. The summed E-state index contributed by atoms with van der Waals surface area (Å²) in [6.45, 7) is 2.61. The van der Waals surface area contributed by atoms with Crippen molar-refractivity contribution in [3.8, 4) is 11.1 Å². The van der Waals surface area contributed by atoms with Crippen molar-refractivity contribution < 1.29 is 19.5 Å². The van der Waals surface area contributed by atoms with Crippen molar-refractivity contribution >= 4 is 35.2 Å². The molecule has 0 saturated heterocycles. The summed E-state index contributed by atoms with van der Waals surface area (Å²) in [7, 11) is 0. The Morgan fingerprint density at radius 3 is 2.56 bits per heavy atom. The average Bonchev–Trinajstić information content (AvgIpc) is 3.04. The van der Waals surface area contributed by atoms with Gasteiger partial charge in [0.1, 0.15) is 12.4 Å². The number of carbonyl (C=O) groups excluding carboxylic acids is 1. The number of benzene rings is 2. The Balaban J connectivity index is 1.59. The summed E-state index contributed by atoms with van der Waals surface area (Å²) in [4.78, 5) is 39.1. The Morgan fingerprint density at radius 2 is 1.83 bits per heavy atom. The van der Waals surface area contributed by atoms with Crippen molar-refractivity contribution in [1.29, 1.82) is 0 Å². The molecular weight excluding hydrogens is 458 g/mol. The van der Waals surface area contributed by atoms with Gasteiger partial charge in [-0.15, -0.1) is 0 Å². The van der Waals surface area contributed by atoms with Crippen molar-refractivity contribution in [3.63, 3.8) is 0 Å². The minimum absolute atomic E-state index is 0.0909. The lowest BCUT2D eigenvalue weighted by Crippen LogP contribution is -2.34. The number of aromatic nitrogens is 1. The molecule has 9 nitrogen and oxygen atoms in total. The van der Waals surface area contributed by atoms with Gasteiger partial charge in [-0.25, -0.2) is 14.9 Å². The molecule has 1 aromatic heterocycles. The number of anilines is 1. The zero-order valence-corrected chi connectivity index (χ0v) is 19.8. The van der Waals surface area contributed by atoms with E-state index in [9.17, 15) is 14.7 Å². The standard InChI is InChI=1S/C27H27N5O4/c1-2-9-32(36-16-17-3-7-23(28)8-4-17)26(33)20-10-19-6-5-18(12-24(19)31-25(29)13-20)21-11-22(27(34)35)15-30-14-21/h3-8,10-12,14-15H,2,9,13,16,28H2,1H3,(H2,29,31)(H,34,35). The van der Waals surface area contributed by atoms with Crippen LogP contribution in [0.4, 0.5) is 11.4 Å². The molecule has 1 aliphatic heterocycles. The number of rotatable bonds is 8. The molecule has 2 heterocycles. The number of hydrogen-bond acceptors (Lipinski definition) is 7. The maximum absolute atomic E-state index is 13.4. The molecule has 0 bridgehead atoms. The zero-order valence-electron chi connectivity index (χ0n) is 19.8.